The molecule has 0 bridgehead atoms. The first-order valence-corrected chi connectivity index (χ1v) is 6.92. The van der Waals surface area contributed by atoms with Gasteiger partial charge in [-0.2, -0.15) is 13.2 Å². The van der Waals surface area contributed by atoms with E-state index in [0.717, 1.165) is 0 Å². The highest BCUT2D eigenvalue weighted by atomic mass is 127. The molecule has 0 radical (unpaired) electrons. The van der Waals surface area contributed by atoms with Crippen LogP contribution in [0, 0.1) is 5.82 Å². The summed E-state index contributed by atoms with van der Waals surface area (Å²) in [4.78, 5) is 3.86. The molecule has 0 heterocycles. The zero-order valence-corrected chi connectivity index (χ0v) is 15.6. The van der Waals surface area contributed by atoms with Gasteiger partial charge in [0, 0.05) is 25.6 Å². The molecule has 1 aromatic carbocycles. The van der Waals surface area contributed by atoms with Crippen molar-refractivity contribution in [2.75, 3.05) is 20.1 Å². The molecule has 0 aliphatic heterocycles. The molecule has 0 aliphatic carbocycles. The minimum absolute atomic E-state index is 0. The summed E-state index contributed by atoms with van der Waals surface area (Å²) in [5.41, 5.74) is 0.000680. The van der Waals surface area contributed by atoms with Crippen LogP contribution in [0.25, 0.3) is 0 Å². The fourth-order valence-electron chi connectivity index (χ4n) is 1.95. The Labute approximate surface area is 151 Å². The molecule has 0 spiro atoms. The van der Waals surface area contributed by atoms with Crippen LogP contribution in [0.3, 0.4) is 0 Å². The Morgan fingerprint density at radius 2 is 1.74 bits per heavy atom. The fraction of sp³-hybridized carbons (Fsp3) is 0.533. The maximum absolute atomic E-state index is 13.8. The molecule has 0 unspecified atom stereocenters. The summed E-state index contributed by atoms with van der Waals surface area (Å²) < 4.78 is 50.2. The van der Waals surface area contributed by atoms with Crippen molar-refractivity contribution in [1.82, 2.24) is 10.6 Å². The number of hydrogen-bond donors (Lipinski definition) is 2. The highest BCUT2D eigenvalue weighted by Gasteiger charge is 2.27. The van der Waals surface area contributed by atoms with Gasteiger partial charge in [-0.1, -0.05) is 32.0 Å². The molecule has 0 saturated heterocycles. The van der Waals surface area contributed by atoms with Crippen LogP contribution < -0.4 is 10.6 Å². The van der Waals surface area contributed by atoms with Crippen LogP contribution >= 0.6 is 24.0 Å². The van der Waals surface area contributed by atoms with Crippen LogP contribution in [0.4, 0.5) is 17.6 Å². The van der Waals surface area contributed by atoms with Gasteiger partial charge in [0.15, 0.2) is 5.96 Å². The molecule has 23 heavy (non-hydrogen) atoms. The van der Waals surface area contributed by atoms with Gasteiger partial charge in [0.1, 0.15) is 5.82 Å². The summed E-state index contributed by atoms with van der Waals surface area (Å²) in [6.07, 6.45) is -5.15. The average molecular weight is 447 g/mol. The van der Waals surface area contributed by atoms with E-state index < -0.39 is 18.0 Å². The highest BCUT2D eigenvalue weighted by molar-refractivity contribution is 14.0. The molecular formula is C15H22F4IN3. The largest absolute Gasteiger partial charge is 0.390 e. The molecule has 3 nitrogen and oxygen atoms in total. The Balaban J connectivity index is 0.00000484. The van der Waals surface area contributed by atoms with E-state index in [4.69, 9.17) is 0 Å². The monoisotopic (exact) mass is 447 g/mol. The molecule has 1 aromatic rings. The summed E-state index contributed by atoms with van der Waals surface area (Å²) in [7, 11) is 1.47. The normalized spacial score (nSPS) is 12.6. The van der Waals surface area contributed by atoms with Gasteiger partial charge in [0.05, 0.1) is 6.42 Å². The van der Waals surface area contributed by atoms with Crippen molar-refractivity contribution in [2.24, 2.45) is 4.99 Å². The Bertz CT molecular complexity index is 516. The number of hydrogen-bond acceptors (Lipinski definition) is 1. The first kappa shape index (κ1) is 21.9. The van der Waals surface area contributed by atoms with Crippen molar-refractivity contribution in [3.63, 3.8) is 0 Å². The van der Waals surface area contributed by atoms with Gasteiger partial charge < -0.3 is 10.6 Å². The summed E-state index contributed by atoms with van der Waals surface area (Å²) in [5, 5.41) is 5.52. The van der Waals surface area contributed by atoms with Crippen LogP contribution in [-0.2, 0) is 5.41 Å². The number of rotatable bonds is 5. The zero-order chi connectivity index (χ0) is 16.8. The van der Waals surface area contributed by atoms with Gasteiger partial charge in [0.25, 0.3) is 0 Å². The number of nitrogens with zero attached hydrogens (tertiary/aromatic N) is 1. The average Bonchev–Trinajstić information content (AvgIpc) is 2.41. The summed E-state index contributed by atoms with van der Waals surface area (Å²) in [6.45, 7) is 3.77. The number of halogens is 5. The quantitative estimate of drug-likeness (QED) is 0.312. The van der Waals surface area contributed by atoms with Gasteiger partial charge >= 0.3 is 6.18 Å². The standard InChI is InChI=1S/C15H21F4N3.HI/c1-14(2,11-6-4-5-7-12(11)16)10-22-13(20-3)21-9-8-15(17,18)19;/h4-7H,8-10H2,1-3H3,(H2,20,21,22);1H. The Kier molecular flexibility index (Phi) is 8.86. The van der Waals surface area contributed by atoms with Crippen molar-refractivity contribution in [3.8, 4) is 0 Å². The summed E-state index contributed by atoms with van der Waals surface area (Å²) in [5.74, 6) is -0.0528. The molecular weight excluding hydrogens is 425 g/mol. The second-order valence-corrected chi connectivity index (χ2v) is 5.58. The third-order valence-electron chi connectivity index (χ3n) is 3.23. The second kappa shape index (κ2) is 9.29. The number of aliphatic imine (C=N–C) groups is 1. The van der Waals surface area contributed by atoms with E-state index in [1.54, 1.807) is 18.2 Å². The lowest BCUT2D eigenvalue weighted by molar-refractivity contribution is -0.132. The van der Waals surface area contributed by atoms with Crippen molar-refractivity contribution < 1.29 is 17.6 Å². The van der Waals surface area contributed by atoms with Crippen molar-refractivity contribution in [3.05, 3.63) is 35.6 Å². The van der Waals surface area contributed by atoms with Gasteiger partial charge in [-0.05, 0) is 11.6 Å². The van der Waals surface area contributed by atoms with Crippen LogP contribution in [0.1, 0.15) is 25.8 Å². The van der Waals surface area contributed by atoms with Gasteiger partial charge in [-0.25, -0.2) is 4.39 Å². The maximum atomic E-state index is 13.8. The minimum atomic E-state index is -4.21. The SMILES string of the molecule is CN=C(NCCC(F)(F)F)NCC(C)(C)c1ccccc1F.I. The van der Waals surface area contributed by atoms with Gasteiger partial charge in [-0.15, -0.1) is 24.0 Å². The molecule has 0 aromatic heterocycles. The van der Waals surface area contributed by atoms with Crippen LogP contribution in [0.5, 0.6) is 0 Å². The Morgan fingerprint density at radius 1 is 1.13 bits per heavy atom. The zero-order valence-electron chi connectivity index (χ0n) is 13.3. The number of nitrogens with one attached hydrogen (secondary N) is 2. The van der Waals surface area contributed by atoms with Crippen LogP contribution in [0.2, 0.25) is 0 Å². The molecule has 1 rings (SSSR count). The third kappa shape index (κ3) is 7.85. The molecule has 0 saturated carbocycles. The molecule has 0 amide bonds. The van der Waals surface area contributed by atoms with E-state index >= 15 is 0 Å². The van der Waals surface area contributed by atoms with E-state index in [9.17, 15) is 17.6 Å². The van der Waals surface area contributed by atoms with E-state index in [-0.39, 0.29) is 42.3 Å². The second-order valence-electron chi connectivity index (χ2n) is 5.58. The van der Waals surface area contributed by atoms with Gasteiger partial charge in [0.2, 0.25) is 0 Å². The molecule has 0 atom stereocenters. The van der Waals surface area contributed by atoms with E-state index in [2.05, 4.69) is 15.6 Å². The number of guanidine groups is 1. The Morgan fingerprint density at radius 3 is 2.26 bits per heavy atom. The predicted molar refractivity (Wildman–Crippen MR) is 94.9 cm³/mol. The lowest BCUT2D eigenvalue weighted by atomic mass is 9.84. The molecule has 132 valence electrons. The van der Waals surface area contributed by atoms with Crippen LogP contribution in [0.15, 0.2) is 29.3 Å². The lowest BCUT2D eigenvalue weighted by Gasteiger charge is -2.27. The molecule has 8 heteroatoms. The third-order valence-corrected chi connectivity index (χ3v) is 3.23. The summed E-state index contributed by atoms with van der Waals surface area (Å²) in [6, 6.07) is 6.43. The minimum Gasteiger partial charge on any atom is -0.356 e. The highest BCUT2D eigenvalue weighted by Crippen LogP contribution is 2.24. The van der Waals surface area contributed by atoms with E-state index in [1.165, 1.54) is 13.1 Å². The summed E-state index contributed by atoms with van der Waals surface area (Å²) >= 11 is 0. The first-order valence-electron chi connectivity index (χ1n) is 6.92. The molecule has 0 fully saturated rings. The maximum Gasteiger partial charge on any atom is 0.390 e. The topological polar surface area (TPSA) is 36.4 Å². The van der Waals surface area contributed by atoms with Gasteiger partial charge in [-0.3, -0.25) is 4.99 Å². The predicted octanol–water partition coefficient (Wildman–Crippen LogP) is 3.84. The van der Waals surface area contributed by atoms with Crippen molar-refractivity contribution in [1.29, 1.82) is 0 Å². The lowest BCUT2D eigenvalue weighted by Crippen LogP contribution is -2.44. The molecule has 0 aliphatic rings. The van der Waals surface area contributed by atoms with Crippen molar-refractivity contribution in [2.45, 2.75) is 31.9 Å². The Hall–Kier alpha value is -1.06. The fourth-order valence-corrected chi connectivity index (χ4v) is 1.95. The smallest absolute Gasteiger partial charge is 0.356 e. The van der Waals surface area contributed by atoms with E-state index in [1.807, 2.05) is 13.8 Å². The van der Waals surface area contributed by atoms with E-state index in [0.29, 0.717) is 12.1 Å². The first-order chi connectivity index (χ1) is 10.2. The number of alkyl halides is 3. The number of benzene rings is 1. The van der Waals surface area contributed by atoms with Crippen molar-refractivity contribution >= 4 is 29.9 Å². The molecule has 2 N–H and O–H groups in total. The van der Waals surface area contributed by atoms with Crippen LogP contribution in [-0.4, -0.2) is 32.3 Å².